The molecule has 6 rings (SSSR count). The van der Waals surface area contributed by atoms with Crippen LogP contribution in [0.25, 0.3) is 5.69 Å². The van der Waals surface area contributed by atoms with E-state index in [0.29, 0.717) is 12.8 Å². The van der Waals surface area contributed by atoms with Crippen LogP contribution >= 0.6 is 0 Å². The Balaban J connectivity index is 1.47. The monoisotopic (exact) mass is 467 g/mol. The molecule has 0 saturated carbocycles. The minimum Gasteiger partial charge on any atom is -0.352 e. The molecule has 1 spiro atoms. The van der Waals surface area contributed by atoms with Crippen LogP contribution in [-0.2, 0) is 21.1 Å². The zero-order valence-corrected chi connectivity index (χ0v) is 19.9. The first-order valence-electron chi connectivity index (χ1n) is 11.8. The van der Waals surface area contributed by atoms with Crippen LogP contribution in [0, 0.1) is 12.3 Å². The van der Waals surface area contributed by atoms with Crippen molar-refractivity contribution in [2.75, 3.05) is 23.0 Å². The first-order chi connectivity index (χ1) is 15.8. The van der Waals surface area contributed by atoms with E-state index in [1.807, 2.05) is 36.7 Å². The van der Waals surface area contributed by atoms with Gasteiger partial charge in [-0.25, -0.2) is 18.1 Å². The van der Waals surface area contributed by atoms with Crippen molar-refractivity contribution in [3.05, 3.63) is 41.6 Å². The van der Waals surface area contributed by atoms with E-state index in [0.717, 1.165) is 54.3 Å². The summed E-state index contributed by atoms with van der Waals surface area (Å²) in [7, 11) is -3.11. The summed E-state index contributed by atoms with van der Waals surface area (Å²) in [5.41, 5.74) is 3.10. The van der Waals surface area contributed by atoms with Gasteiger partial charge in [0.15, 0.2) is 9.84 Å². The fourth-order valence-corrected chi connectivity index (χ4v) is 8.04. The molecule has 2 saturated heterocycles. The molecule has 0 unspecified atom stereocenters. The lowest BCUT2D eigenvalue weighted by Crippen LogP contribution is -2.62. The highest BCUT2D eigenvalue weighted by Crippen LogP contribution is 2.51. The Hall–Kier alpha value is -2.68. The number of carbonyl (C=O) groups excluding carboxylic acids is 1. The van der Waals surface area contributed by atoms with Gasteiger partial charge in [0.1, 0.15) is 11.2 Å². The maximum absolute atomic E-state index is 14.1. The quantitative estimate of drug-likeness (QED) is 0.677. The number of hydrogen-bond acceptors (Lipinski definition) is 6. The molecule has 0 N–H and O–H groups in total. The minimum atomic E-state index is -3.11. The number of piperidine rings is 1. The number of hydrogen-bond donors (Lipinski definition) is 0. The maximum atomic E-state index is 14.1. The maximum Gasteiger partial charge on any atom is 0.257 e. The van der Waals surface area contributed by atoms with E-state index in [9.17, 15) is 13.2 Å². The molecule has 1 aromatic heterocycles. The molecular formula is C24H29N5O3S. The van der Waals surface area contributed by atoms with Crippen molar-refractivity contribution < 1.29 is 13.2 Å². The van der Waals surface area contributed by atoms with Crippen LogP contribution in [0.3, 0.4) is 0 Å². The van der Waals surface area contributed by atoms with Gasteiger partial charge in [0, 0.05) is 12.1 Å². The number of fused-ring (bicyclic) bond motifs is 4. The molecule has 4 aliphatic rings. The van der Waals surface area contributed by atoms with Crippen molar-refractivity contribution in [1.29, 1.82) is 0 Å². The number of benzene rings is 1. The van der Waals surface area contributed by atoms with Gasteiger partial charge in [0.2, 0.25) is 0 Å². The fraction of sp³-hybridized carbons (Fsp3) is 0.542. The molecule has 33 heavy (non-hydrogen) atoms. The zero-order valence-electron chi connectivity index (χ0n) is 19.1. The van der Waals surface area contributed by atoms with Gasteiger partial charge in [-0.3, -0.25) is 4.79 Å². The number of sulfone groups is 1. The SMILES string of the molecule is CC1=NN([C@@H]2CCS(=O)(=O)C2)C(=O)[C@]12Cc1c(C)nn(-c3ccccc3)c1N1CCCC[C@H]12. The molecule has 2 aromatic rings. The highest BCUT2D eigenvalue weighted by Gasteiger charge is 2.61. The molecule has 4 aliphatic heterocycles. The van der Waals surface area contributed by atoms with Crippen LogP contribution in [-0.4, -0.2) is 65.0 Å². The summed E-state index contributed by atoms with van der Waals surface area (Å²) in [6.07, 6.45) is 4.07. The van der Waals surface area contributed by atoms with Crippen LogP contribution in [0.5, 0.6) is 0 Å². The predicted octanol–water partition coefficient (Wildman–Crippen LogP) is 2.49. The number of aromatic nitrogens is 2. The second kappa shape index (κ2) is 7.16. The highest BCUT2D eigenvalue weighted by atomic mass is 32.2. The van der Waals surface area contributed by atoms with E-state index in [1.54, 1.807) is 0 Å². The third-order valence-corrected chi connectivity index (χ3v) is 9.76. The number of aryl methyl sites for hydroxylation is 1. The van der Waals surface area contributed by atoms with Gasteiger partial charge in [0.25, 0.3) is 5.91 Å². The Morgan fingerprint density at radius 2 is 1.88 bits per heavy atom. The van der Waals surface area contributed by atoms with Crippen LogP contribution in [0.15, 0.2) is 35.4 Å². The molecule has 3 atom stereocenters. The normalized spacial score (nSPS) is 30.5. The third kappa shape index (κ3) is 2.94. The van der Waals surface area contributed by atoms with Crippen LogP contribution in [0.2, 0.25) is 0 Å². The summed E-state index contributed by atoms with van der Waals surface area (Å²) >= 11 is 0. The average Bonchev–Trinajstić information content (AvgIpc) is 3.42. The van der Waals surface area contributed by atoms with Gasteiger partial charge < -0.3 is 4.90 Å². The lowest BCUT2D eigenvalue weighted by molar-refractivity contribution is -0.139. The van der Waals surface area contributed by atoms with Crippen molar-refractivity contribution in [2.45, 2.75) is 58.0 Å². The third-order valence-electron chi connectivity index (χ3n) is 8.00. The number of amides is 1. The Morgan fingerprint density at radius 1 is 1.09 bits per heavy atom. The summed E-state index contributed by atoms with van der Waals surface area (Å²) in [6.45, 7) is 4.84. The first-order valence-corrected chi connectivity index (χ1v) is 13.6. The molecule has 0 aliphatic carbocycles. The molecule has 9 heteroatoms. The van der Waals surface area contributed by atoms with Crippen molar-refractivity contribution in [1.82, 2.24) is 14.8 Å². The van der Waals surface area contributed by atoms with E-state index in [2.05, 4.69) is 17.0 Å². The molecule has 2 fully saturated rings. The molecule has 1 aromatic carbocycles. The number of nitrogens with zero attached hydrogens (tertiary/aromatic N) is 5. The summed E-state index contributed by atoms with van der Waals surface area (Å²) in [6, 6.07) is 9.79. The Kier molecular flexibility index (Phi) is 4.53. The van der Waals surface area contributed by atoms with Crippen molar-refractivity contribution in [3.63, 3.8) is 0 Å². The number of anilines is 1. The first kappa shape index (κ1) is 20.9. The largest absolute Gasteiger partial charge is 0.352 e. The van der Waals surface area contributed by atoms with E-state index in [1.165, 1.54) is 5.01 Å². The van der Waals surface area contributed by atoms with Gasteiger partial charge in [-0.15, -0.1) is 0 Å². The van der Waals surface area contributed by atoms with E-state index in [-0.39, 0.29) is 29.5 Å². The summed E-state index contributed by atoms with van der Waals surface area (Å²) < 4.78 is 26.3. The van der Waals surface area contributed by atoms with Gasteiger partial charge in [-0.2, -0.15) is 10.2 Å². The van der Waals surface area contributed by atoms with Gasteiger partial charge >= 0.3 is 0 Å². The lowest BCUT2D eigenvalue weighted by atomic mass is 9.66. The number of para-hydroxylation sites is 1. The Labute approximate surface area is 194 Å². The van der Waals surface area contributed by atoms with Crippen LogP contribution in [0.4, 0.5) is 5.82 Å². The summed E-state index contributed by atoms with van der Waals surface area (Å²) in [5, 5.41) is 11.2. The van der Waals surface area contributed by atoms with E-state index >= 15 is 0 Å². The second-order valence-corrected chi connectivity index (χ2v) is 12.1. The molecule has 0 bridgehead atoms. The average molecular weight is 468 g/mol. The standard InChI is InChI=1S/C24H29N5O3S/c1-16-20-14-24(17(2)26-29(23(24)30)19-11-13-33(31,32)15-19)21-10-6-7-12-27(21)22(20)28(25-16)18-8-4-3-5-9-18/h3-5,8-9,19,21H,6-7,10-15H2,1-2H3/t19-,21+,24-/m1/s1. The van der Waals surface area contributed by atoms with Crippen molar-refractivity contribution >= 4 is 27.3 Å². The topological polar surface area (TPSA) is 87.9 Å². The van der Waals surface area contributed by atoms with Gasteiger partial charge in [-0.05, 0) is 58.1 Å². The molecule has 0 radical (unpaired) electrons. The van der Waals surface area contributed by atoms with Gasteiger partial charge in [0.05, 0.1) is 40.7 Å². The molecule has 5 heterocycles. The van der Waals surface area contributed by atoms with E-state index < -0.39 is 15.3 Å². The predicted molar refractivity (Wildman–Crippen MR) is 126 cm³/mol. The second-order valence-electron chi connectivity index (χ2n) is 9.88. The highest BCUT2D eigenvalue weighted by molar-refractivity contribution is 7.91. The van der Waals surface area contributed by atoms with E-state index in [4.69, 9.17) is 10.2 Å². The van der Waals surface area contributed by atoms with Crippen molar-refractivity contribution in [2.24, 2.45) is 10.5 Å². The summed E-state index contributed by atoms with van der Waals surface area (Å²) in [5.74, 6) is 1.20. The lowest BCUT2D eigenvalue weighted by Gasteiger charge is -2.50. The Morgan fingerprint density at radius 3 is 2.61 bits per heavy atom. The molecule has 1 amide bonds. The molecule has 8 nitrogen and oxygen atoms in total. The minimum absolute atomic E-state index is 0.00317. The number of rotatable bonds is 2. The molecular weight excluding hydrogens is 438 g/mol. The molecule has 174 valence electrons. The van der Waals surface area contributed by atoms with Crippen LogP contribution < -0.4 is 4.90 Å². The number of hydrazone groups is 1. The van der Waals surface area contributed by atoms with Crippen LogP contribution in [0.1, 0.15) is 43.9 Å². The fourth-order valence-electron chi connectivity index (χ4n) is 6.35. The Bertz CT molecular complexity index is 1270. The number of carbonyl (C=O) groups is 1. The van der Waals surface area contributed by atoms with Crippen molar-refractivity contribution in [3.8, 4) is 5.69 Å². The summed E-state index contributed by atoms with van der Waals surface area (Å²) in [4.78, 5) is 16.5. The van der Waals surface area contributed by atoms with Gasteiger partial charge in [-0.1, -0.05) is 18.2 Å². The smallest absolute Gasteiger partial charge is 0.257 e. The zero-order chi connectivity index (χ0) is 23.0.